The van der Waals surface area contributed by atoms with Gasteiger partial charge in [-0.1, -0.05) is 42.5 Å². The van der Waals surface area contributed by atoms with E-state index >= 15 is 0 Å². The number of hydrogen-bond donors (Lipinski definition) is 2. The Kier molecular flexibility index (Phi) is 5.63. The average molecular weight is 398 g/mol. The molecule has 2 aromatic rings. The average Bonchev–Trinajstić information content (AvgIpc) is 2.89. The van der Waals surface area contributed by atoms with Gasteiger partial charge in [0.15, 0.2) is 0 Å². The number of carbonyl (C=O) groups excluding carboxylic acids is 5. The zero-order chi connectivity index (χ0) is 21.0. The largest absolute Gasteiger partial charge is 0.335 e. The number of nitrogens with one attached hydrogen (secondary N) is 2. The van der Waals surface area contributed by atoms with Crippen LogP contribution in [0.5, 0.6) is 0 Å². The molecule has 0 unspecified atom stereocenters. The van der Waals surface area contributed by atoms with Crippen molar-refractivity contribution in [2.24, 2.45) is 0 Å². The lowest BCUT2D eigenvalue weighted by molar-refractivity contribution is -0.144. The summed E-state index contributed by atoms with van der Waals surface area (Å²) in [5.41, 5.74) is 0.466. The smallest absolute Gasteiger partial charge is 0.305 e. The van der Waals surface area contributed by atoms with Gasteiger partial charge in [-0.2, -0.15) is 0 Å². The Balaban J connectivity index is 1.60. The Morgan fingerprint density at radius 1 is 0.862 bits per heavy atom. The number of rotatable bonds is 5. The maximum Gasteiger partial charge on any atom is 0.335 e. The van der Waals surface area contributed by atoms with E-state index in [9.17, 15) is 28.4 Å². The number of carbonyl (C=O) groups is 5. The van der Waals surface area contributed by atoms with Gasteiger partial charge in [-0.15, -0.1) is 0 Å². The van der Waals surface area contributed by atoms with Crippen LogP contribution in [0.4, 0.5) is 19.7 Å². The first-order chi connectivity index (χ1) is 13.9. The normalized spacial score (nSPS) is 13.6. The van der Waals surface area contributed by atoms with E-state index in [0.29, 0.717) is 15.4 Å². The van der Waals surface area contributed by atoms with Gasteiger partial charge < -0.3 is 5.32 Å². The summed E-state index contributed by atoms with van der Waals surface area (Å²) >= 11 is 0. The number of hydrogen-bond acceptors (Lipinski definition) is 5. The zero-order valence-electron chi connectivity index (χ0n) is 14.9. The van der Waals surface area contributed by atoms with Gasteiger partial charge in [0.2, 0.25) is 5.91 Å². The Bertz CT molecular complexity index is 995. The van der Waals surface area contributed by atoms with E-state index in [4.69, 9.17) is 0 Å². The number of benzene rings is 2. The second-order valence-electron chi connectivity index (χ2n) is 6.03. The van der Waals surface area contributed by atoms with Crippen LogP contribution in [-0.2, 0) is 20.9 Å². The molecule has 0 spiro atoms. The van der Waals surface area contributed by atoms with Crippen LogP contribution in [-0.4, -0.2) is 46.1 Å². The van der Waals surface area contributed by atoms with E-state index in [1.165, 1.54) is 18.2 Å². The van der Waals surface area contributed by atoms with Gasteiger partial charge >= 0.3 is 23.9 Å². The van der Waals surface area contributed by atoms with E-state index in [2.05, 4.69) is 5.32 Å². The minimum Gasteiger partial charge on any atom is -0.305 e. The first kappa shape index (κ1) is 19.7. The molecule has 1 saturated heterocycles. The Labute approximate surface area is 164 Å². The van der Waals surface area contributed by atoms with Crippen molar-refractivity contribution in [1.29, 1.82) is 0 Å². The summed E-state index contributed by atoms with van der Waals surface area (Å²) in [6, 6.07) is 11.8. The molecule has 1 aliphatic rings. The van der Waals surface area contributed by atoms with Gasteiger partial charge in [-0.3, -0.25) is 24.6 Å². The Morgan fingerprint density at radius 2 is 1.48 bits per heavy atom. The molecule has 0 radical (unpaired) electrons. The maximum atomic E-state index is 13.5. The highest BCUT2D eigenvalue weighted by molar-refractivity contribution is 6.45. The SMILES string of the molecule is O=C(CN1C(=O)C(=O)N(Cc2ccccc2)C1=O)NC(=O)Nc1ccccc1F. The van der Waals surface area contributed by atoms with Crippen molar-refractivity contribution in [3.63, 3.8) is 0 Å². The summed E-state index contributed by atoms with van der Waals surface area (Å²) in [5, 5.41) is 4.00. The summed E-state index contributed by atoms with van der Waals surface area (Å²) < 4.78 is 13.5. The van der Waals surface area contributed by atoms with Crippen molar-refractivity contribution in [2.45, 2.75) is 6.54 Å². The standard InChI is InChI=1S/C19H15FN4O5/c20-13-8-4-5-9-14(13)21-18(28)22-15(25)11-24-17(27)16(26)23(19(24)29)10-12-6-2-1-3-7-12/h1-9H,10-11H2,(H2,21,22,25,28). The lowest BCUT2D eigenvalue weighted by Gasteiger charge is -2.15. The van der Waals surface area contributed by atoms with Crippen molar-refractivity contribution in [3.05, 3.63) is 66.0 Å². The van der Waals surface area contributed by atoms with Gasteiger partial charge in [0.25, 0.3) is 0 Å². The van der Waals surface area contributed by atoms with Gasteiger partial charge in [0.05, 0.1) is 12.2 Å². The van der Waals surface area contributed by atoms with Crippen LogP contribution in [0.25, 0.3) is 0 Å². The molecule has 0 atom stereocenters. The third-order valence-corrected chi connectivity index (χ3v) is 4.00. The third kappa shape index (κ3) is 4.43. The van der Waals surface area contributed by atoms with Gasteiger partial charge in [0.1, 0.15) is 12.4 Å². The number of imide groups is 3. The molecule has 0 aliphatic carbocycles. The van der Waals surface area contributed by atoms with Crippen molar-refractivity contribution in [1.82, 2.24) is 15.1 Å². The molecule has 2 aromatic carbocycles. The maximum absolute atomic E-state index is 13.5. The van der Waals surface area contributed by atoms with Crippen LogP contribution in [0.1, 0.15) is 5.56 Å². The second kappa shape index (κ2) is 8.30. The van der Waals surface area contributed by atoms with Crippen LogP contribution in [0, 0.1) is 5.82 Å². The molecule has 1 fully saturated rings. The zero-order valence-corrected chi connectivity index (χ0v) is 14.9. The molecule has 29 heavy (non-hydrogen) atoms. The number of para-hydroxylation sites is 1. The summed E-state index contributed by atoms with van der Waals surface area (Å²) in [6.45, 7) is -0.963. The molecule has 7 amide bonds. The predicted octanol–water partition coefficient (Wildman–Crippen LogP) is 1.46. The Morgan fingerprint density at radius 3 is 2.17 bits per heavy atom. The highest BCUT2D eigenvalue weighted by Crippen LogP contribution is 2.16. The van der Waals surface area contributed by atoms with E-state index in [1.807, 2.05) is 5.32 Å². The fraction of sp³-hybridized carbons (Fsp3) is 0.105. The molecule has 148 valence electrons. The molecule has 2 N–H and O–H groups in total. The van der Waals surface area contributed by atoms with Crippen molar-refractivity contribution < 1.29 is 28.4 Å². The fourth-order valence-electron chi connectivity index (χ4n) is 2.62. The molecular weight excluding hydrogens is 383 g/mol. The molecule has 9 nitrogen and oxygen atoms in total. The van der Waals surface area contributed by atoms with E-state index in [1.54, 1.807) is 30.3 Å². The van der Waals surface area contributed by atoms with Crippen LogP contribution in [0.2, 0.25) is 0 Å². The molecule has 0 saturated carbocycles. The monoisotopic (exact) mass is 398 g/mol. The van der Waals surface area contributed by atoms with Crippen LogP contribution < -0.4 is 10.6 Å². The minimum absolute atomic E-state index is 0.129. The summed E-state index contributed by atoms with van der Waals surface area (Å²) in [5.74, 6) is -3.96. The second-order valence-corrected chi connectivity index (χ2v) is 6.03. The highest BCUT2D eigenvalue weighted by Gasteiger charge is 2.45. The molecule has 0 aromatic heterocycles. The highest BCUT2D eigenvalue weighted by atomic mass is 19.1. The number of urea groups is 2. The lowest BCUT2D eigenvalue weighted by Crippen LogP contribution is -2.44. The third-order valence-electron chi connectivity index (χ3n) is 4.00. The Hall–Kier alpha value is -4.08. The van der Waals surface area contributed by atoms with E-state index in [0.717, 1.165) is 6.07 Å². The number of amides is 7. The number of nitrogens with zero attached hydrogens (tertiary/aromatic N) is 2. The molecule has 1 aliphatic heterocycles. The van der Waals surface area contributed by atoms with Gasteiger partial charge in [-0.05, 0) is 17.7 Å². The van der Waals surface area contributed by atoms with Gasteiger partial charge in [0, 0.05) is 0 Å². The lowest BCUT2D eigenvalue weighted by atomic mass is 10.2. The van der Waals surface area contributed by atoms with Crippen LogP contribution in [0.15, 0.2) is 54.6 Å². The quantitative estimate of drug-likeness (QED) is 0.584. The fourth-order valence-corrected chi connectivity index (χ4v) is 2.62. The van der Waals surface area contributed by atoms with E-state index < -0.39 is 42.1 Å². The summed E-state index contributed by atoms with van der Waals surface area (Å²) in [7, 11) is 0. The van der Waals surface area contributed by atoms with Gasteiger partial charge in [-0.25, -0.2) is 18.9 Å². The van der Waals surface area contributed by atoms with Crippen molar-refractivity contribution in [3.8, 4) is 0 Å². The summed E-state index contributed by atoms with van der Waals surface area (Å²) in [4.78, 5) is 61.5. The molecule has 3 rings (SSSR count). The topological polar surface area (TPSA) is 116 Å². The van der Waals surface area contributed by atoms with Crippen LogP contribution in [0.3, 0.4) is 0 Å². The molecule has 1 heterocycles. The number of anilines is 1. The molecule has 10 heteroatoms. The first-order valence-electron chi connectivity index (χ1n) is 8.43. The summed E-state index contributed by atoms with van der Waals surface area (Å²) in [6.07, 6.45) is 0. The molecule has 0 bridgehead atoms. The minimum atomic E-state index is -1.17. The molecular formula is C19H15FN4O5. The van der Waals surface area contributed by atoms with Crippen molar-refractivity contribution in [2.75, 3.05) is 11.9 Å². The number of halogens is 1. The van der Waals surface area contributed by atoms with Crippen molar-refractivity contribution >= 4 is 35.5 Å². The first-order valence-corrected chi connectivity index (χ1v) is 8.43. The van der Waals surface area contributed by atoms with E-state index in [-0.39, 0.29) is 12.2 Å². The van der Waals surface area contributed by atoms with Crippen LogP contribution >= 0.6 is 0 Å². The predicted molar refractivity (Wildman–Crippen MR) is 97.7 cm³/mol.